The first-order chi connectivity index (χ1) is 16.3. The molecule has 4 aromatic carbocycles. The van der Waals surface area contributed by atoms with Gasteiger partial charge in [0.2, 0.25) is 0 Å². The van der Waals surface area contributed by atoms with E-state index in [0.717, 1.165) is 5.46 Å². The van der Waals surface area contributed by atoms with Crippen LogP contribution in [0.4, 0.5) is 0 Å². The number of thiophene rings is 1. The summed E-state index contributed by atoms with van der Waals surface area (Å²) in [5.41, 5.74) is 5.34. The fourth-order valence-corrected chi connectivity index (χ4v) is 5.85. The van der Waals surface area contributed by atoms with E-state index in [9.17, 15) is 0 Å². The van der Waals surface area contributed by atoms with E-state index in [-0.39, 0.29) is 18.3 Å². The van der Waals surface area contributed by atoms with Crippen molar-refractivity contribution >= 4 is 44.1 Å². The molecule has 0 N–H and O–H groups in total. The third kappa shape index (κ3) is 3.49. The van der Waals surface area contributed by atoms with Crippen LogP contribution >= 0.6 is 11.3 Å². The van der Waals surface area contributed by atoms with Crippen LogP contribution in [0.25, 0.3) is 42.4 Å². The van der Waals surface area contributed by atoms with Crippen LogP contribution in [0.3, 0.4) is 0 Å². The van der Waals surface area contributed by atoms with Crippen LogP contribution in [0.1, 0.15) is 27.7 Å². The largest absolute Gasteiger partial charge is 0.496 e. The summed E-state index contributed by atoms with van der Waals surface area (Å²) >= 11 is 1.82. The summed E-state index contributed by atoms with van der Waals surface area (Å²) in [7, 11) is -0.355. The molecule has 1 aromatic heterocycles. The van der Waals surface area contributed by atoms with Crippen LogP contribution in [-0.2, 0) is 9.31 Å². The van der Waals surface area contributed by atoms with Crippen molar-refractivity contribution in [3.8, 4) is 22.3 Å². The number of fused-ring (bicyclic) bond motifs is 3. The highest BCUT2D eigenvalue weighted by molar-refractivity contribution is 7.27. The van der Waals surface area contributed by atoms with Crippen molar-refractivity contribution < 1.29 is 9.31 Å². The molecule has 0 atom stereocenters. The van der Waals surface area contributed by atoms with Crippen molar-refractivity contribution in [2.24, 2.45) is 0 Å². The van der Waals surface area contributed by atoms with Crippen LogP contribution in [-0.4, -0.2) is 18.3 Å². The quantitative estimate of drug-likeness (QED) is 0.256. The summed E-state index contributed by atoms with van der Waals surface area (Å²) in [5, 5.41) is 2.54. The van der Waals surface area contributed by atoms with Gasteiger partial charge in [-0.2, -0.15) is 0 Å². The molecule has 2 heterocycles. The predicted molar refractivity (Wildman–Crippen MR) is 146 cm³/mol. The van der Waals surface area contributed by atoms with Gasteiger partial charge in [-0.05, 0) is 67.5 Å². The van der Waals surface area contributed by atoms with Crippen molar-refractivity contribution in [2.45, 2.75) is 38.9 Å². The molecule has 0 aliphatic carbocycles. The van der Waals surface area contributed by atoms with Crippen molar-refractivity contribution in [1.29, 1.82) is 0 Å². The molecule has 0 radical (unpaired) electrons. The van der Waals surface area contributed by atoms with Crippen LogP contribution in [0.15, 0.2) is 91.0 Å². The summed E-state index contributed by atoms with van der Waals surface area (Å²) in [6, 6.07) is 32.6. The maximum absolute atomic E-state index is 6.38. The molecule has 0 spiro atoms. The average molecular weight is 462 g/mol. The fourth-order valence-electron chi connectivity index (χ4n) is 4.64. The Kier molecular flexibility index (Phi) is 4.96. The first-order valence-electron chi connectivity index (χ1n) is 11.8. The predicted octanol–water partition coefficient (Wildman–Crippen LogP) is 7.69. The zero-order chi connectivity index (χ0) is 23.5. The van der Waals surface area contributed by atoms with Crippen molar-refractivity contribution in [3.05, 3.63) is 91.0 Å². The Morgan fingerprint density at radius 1 is 0.588 bits per heavy atom. The van der Waals surface area contributed by atoms with Gasteiger partial charge in [-0.1, -0.05) is 78.9 Å². The average Bonchev–Trinajstić information content (AvgIpc) is 3.32. The van der Waals surface area contributed by atoms with E-state index in [1.807, 2.05) is 11.3 Å². The van der Waals surface area contributed by atoms with E-state index >= 15 is 0 Å². The lowest BCUT2D eigenvalue weighted by atomic mass is 9.78. The third-order valence-electron chi connectivity index (χ3n) is 7.36. The molecule has 0 unspecified atom stereocenters. The highest BCUT2D eigenvalue weighted by atomic mass is 32.1. The maximum atomic E-state index is 6.38. The second-order valence-electron chi connectivity index (χ2n) is 10.1. The lowest BCUT2D eigenvalue weighted by Gasteiger charge is -2.32. The Morgan fingerprint density at radius 3 is 1.85 bits per heavy atom. The first kappa shape index (κ1) is 21.6. The molecule has 0 bridgehead atoms. The molecule has 6 rings (SSSR count). The zero-order valence-corrected chi connectivity index (χ0v) is 20.8. The van der Waals surface area contributed by atoms with E-state index in [0.29, 0.717) is 0 Å². The van der Waals surface area contributed by atoms with Gasteiger partial charge in [0.1, 0.15) is 0 Å². The highest BCUT2D eigenvalue weighted by Gasteiger charge is 2.52. The van der Waals surface area contributed by atoms with Crippen LogP contribution in [0.5, 0.6) is 0 Å². The van der Waals surface area contributed by atoms with E-state index < -0.39 is 0 Å². The summed E-state index contributed by atoms with van der Waals surface area (Å²) in [6.07, 6.45) is 0. The normalized spacial score (nSPS) is 17.0. The van der Waals surface area contributed by atoms with Crippen LogP contribution in [0, 0.1) is 0 Å². The molecule has 1 saturated heterocycles. The smallest absolute Gasteiger partial charge is 0.399 e. The lowest BCUT2D eigenvalue weighted by Crippen LogP contribution is -2.41. The highest BCUT2D eigenvalue weighted by Crippen LogP contribution is 2.40. The van der Waals surface area contributed by atoms with Crippen LogP contribution in [0.2, 0.25) is 0 Å². The van der Waals surface area contributed by atoms with Gasteiger partial charge in [-0.3, -0.25) is 0 Å². The second kappa shape index (κ2) is 7.81. The Balaban J connectivity index is 1.40. The number of hydrogen-bond donors (Lipinski definition) is 0. The Labute approximate surface area is 205 Å². The van der Waals surface area contributed by atoms with Gasteiger partial charge in [-0.25, -0.2) is 0 Å². The number of rotatable bonds is 3. The minimum Gasteiger partial charge on any atom is -0.399 e. The molecule has 2 nitrogen and oxygen atoms in total. The second-order valence-corrected chi connectivity index (χ2v) is 11.1. The molecule has 0 saturated carbocycles. The first-order valence-corrected chi connectivity index (χ1v) is 12.6. The molecule has 0 amide bonds. The van der Waals surface area contributed by atoms with Crippen molar-refractivity contribution in [2.75, 3.05) is 0 Å². The summed E-state index contributed by atoms with van der Waals surface area (Å²) in [5.74, 6) is 0. The van der Waals surface area contributed by atoms with Gasteiger partial charge in [0, 0.05) is 20.2 Å². The Morgan fingerprint density at radius 2 is 1.18 bits per heavy atom. The van der Waals surface area contributed by atoms with E-state index in [1.165, 1.54) is 42.4 Å². The van der Waals surface area contributed by atoms with Gasteiger partial charge in [0.15, 0.2) is 0 Å². The standard InChI is InChI=1S/C30H27BO2S/c1-29(2)30(3,4)33-31(32-29)26-12-8-11-24-25-19-23(17-18-27(25)34-28(24)26)22-15-13-21(14-16-22)20-9-6-5-7-10-20/h5-19H,1-4H3. The minimum absolute atomic E-state index is 0.352. The minimum atomic E-state index is -0.355. The molecule has 34 heavy (non-hydrogen) atoms. The molecule has 168 valence electrons. The summed E-state index contributed by atoms with van der Waals surface area (Å²) in [4.78, 5) is 0. The Hall–Kier alpha value is -2.92. The molecular weight excluding hydrogens is 435 g/mol. The molecule has 1 aliphatic rings. The van der Waals surface area contributed by atoms with Gasteiger partial charge in [0.25, 0.3) is 0 Å². The number of benzene rings is 4. The fraction of sp³-hybridized carbons (Fsp3) is 0.200. The molecule has 4 heteroatoms. The third-order valence-corrected chi connectivity index (χ3v) is 8.60. The van der Waals surface area contributed by atoms with Gasteiger partial charge < -0.3 is 9.31 Å². The topological polar surface area (TPSA) is 18.5 Å². The van der Waals surface area contributed by atoms with E-state index in [2.05, 4.69) is 119 Å². The summed E-state index contributed by atoms with van der Waals surface area (Å²) in [6.45, 7) is 8.42. The van der Waals surface area contributed by atoms with Crippen molar-refractivity contribution in [1.82, 2.24) is 0 Å². The molecule has 1 fully saturated rings. The SMILES string of the molecule is CC1(C)OB(c2cccc3c2sc2ccc(-c4ccc(-c5ccccc5)cc4)cc23)OC1(C)C. The van der Waals surface area contributed by atoms with Crippen LogP contribution < -0.4 is 5.46 Å². The van der Waals surface area contributed by atoms with E-state index in [4.69, 9.17) is 9.31 Å². The van der Waals surface area contributed by atoms with Gasteiger partial charge in [-0.15, -0.1) is 11.3 Å². The lowest BCUT2D eigenvalue weighted by molar-refractivity contribution is 0.00578. The zero-order valence-electron chi connectivity index (χ0n) is 20.0. The number of hydrogen-bond acceptors (Lipinski definition) is 3. The Bertz CT molecular complexity index is 1480. The van der Waals surface area contributed by atoms with E-state index in [1.54, 1.807) is 0 Å². The molecular formula is C30H27BO2S. The van der Waals surface area contributed by atoms with Crippen molar-refractivity contribution in [3.63, 3.8) is 0 Å². The molecule has 5 aromatic rings. The summed E-state index contributed by atoms with van der Waals surface area (Å²) < 4.78 is 15.3. The van der Waals surface area contributed by atoms with Gasteiger partial charge in [0.05, 0.1) is 11.2 Å². The van der Waals surface area contributed by atoms with Gasteiger partial charge >= 0.3 is 7.12 Å². The monoisotopic (exact) mass is 462 g/mol. The maximum Gasteiger partial charge on any atom is 0.496 e. The molecule has 1 aliphatic heterocycles.